The summed E-state index contributed by atoms with van der Waals surface area (Å²) >= 11 is 0. The topological polar surface area (TPSA) is 87.0 Å². The minimum atomic E-state index is -1.04. The van der Waals surface area contributed by atoms with Crippen molar-refractivity contribution in [3.63, 3.8) is 0 Å². The molecule has 0 aromatic heterocycles. The van der Waals surface area contributed by atoms with E-state index in [4.69, 9.17) is 9.84 Å². The van der Waals surface area contributed by atoms with Crippen LogP contribution in [-0.2, 0) is 4.79 Å². The zero-order chi connectivity index (χ0) is 12.4. The molecule has 3 N–H and O–H groups in total. The number of phenolic OH excluding ortho intramolecular Hbond substituents is 2. The van der Waals surface area contributed by atoms with Crippen LogP contribution in [0.25, 0.3) is 6.08 Å². The molecule has 0 bridgehead atoms. The predicted molar refractivity (Wildman–Crippen MR) is 60.0 cm³/mol. The number of phenols is 2. The molecular weight excluding hydrogens is 224 g/mol. The normalized spacial score (nSPS) is 14.0. The Bertz CT molecular complexity index is 528. The summed E-state index contributed by atoms with van der Waals surface area (Å²) in [4.78, 5) is 10.4. The van der Waals surface area contributed by atoms with Gasteiger partial charge in [0.25, 0.3) is 0 Å². The van der Waals surface area contributed by atoms with E-state index < -0.39 is 5.97 Å². The molecule has 0 saturated heterocycles. The molecule has 5 nitrogen and oxygen atoms in total. The Hall–Kier alpha value is -2.43. The van der Waals surface area contributed by atoms with Crippen LogP contribution in [0.4, 0.5) is 0 Å². The van der Waals surface area contributed by atoms with Crippen LogP contribution in [0.5, 0.6) is 17.2 Å². The standard InChI is InChI=1S/C12H10O5/c13-9-3-2-8-5-7(1-4-10(14)15)6-17-12(8)11(9)16/h1-5,13,16H,6H2,(H,14,15)/b4-1+. The first-order valence-electron chi connectivity index (χ1n) is 4.87. The maximum absolute atomic E-state index is 10.4. The molecule has 0 atom stereocenters. The molecule has 88 valence electrons. The summed E-state index contributed by atoms with van der Waals surface area (Å²) in [7, 11) is 0. The summed E-state index contributed by atoms with van der Waals surface area (Å²) in [6, 6.07) is 2.93. The van der Waals surface area contributed by atoms with E-state index in [1.165, 1.54) is 12.1 Å². The van der Waals surface area contributed by atoms with Crippen LogP contribution in [0, 0.1) is 0 Å². The fraction of sp³-hybridized carbons (Fsp3) is 0.0833. The first-order chi connectivity index (χ1) is 8.08. The molecule has 5 heteroatoms. The number of carbonyl (C=O) groups is 1. The van der Waals surface area contributed by atoms with Crippen LogP contribution in [0.1, 0.15) is 5.56 Å². The highest BCUT2D eigenvalue weighted by molar-refractivity contribution is 5.81. The summed E-state index contributed by atoms with van der Waals surface area (Å²) in [5, 5.41) is 27.3. The molecule has 1 aromatic carbocycles. The molecule has 1 aliphatic rings. The summed E-state index contributed by atoms with van der Waals surface area (Å²) in [5.74, 6) is -1.38. The molecule has 1 aromatic rings. The first kappa shape index (κ1) is 11.1. The molecule has 0 saturated carbocycles. The van der Waals surface area contributed by atoms with Gasteiger partial charge in [-0.05, 0) is 29.9 Å². The van der Waals surface area contributed by atoms with Crippen LogP contribution >= 0.6 is 0 Å². The fourth-order valence-electron chi connectivity index (χ4n) is 1.51. The number of aromatic hydroxyl groups is 2. The number of hydrogen-bond donors (Lipinski definition) is 3. The molecule has 2 rings (SSSR count). The van der Waals surface area contributed by atoms with E-state index in [0.29, 0.717) is 11.1 Å². The van der Waals surface area contributed by atoms with Crippen molar-refractivity contribution < 1.29 is 24.9 Å². The molecule has 0 unspecified atom stereocenters. The van der Waals surface area contributed by atoms with Crippen LogP contribution in [0.3, 0.4) is 0 Å². The lowest BCUT2D eigenvalue weighted by Crippen LogP contribution is -2.06. The Morgan fingerprint density at radius 3 is 2.82 bits per heavy atom. The highest BCUT2D eigenvalue weighted by Gasteiger charge is 2.16. The van der Waals surface area contributed by atoms with E-state index in [-0.39, 0.29) is 23.9 Å². The van der Waals surface area contributed by atoms with Crippen LogP contribution < -0.4 is 4.74 Å². The van der Waals surface area contributed by atoms with Crippen molar-refractivity contribution in [2.24, 2.45) is 0 Å². The number of ether oxygens (including phenoxy) is 1. The summed E-state index contributed by atoms with van der Waals surface area (Å²) in [6.45, 7) is 0.147. The number of aliphatic carboxylic acids is 1. The Morgan fingerprint density at radius 2 is 2.12 bits per heavy atom. The van der Waals surface area contributed by atoms with Gasteiger partial charge in [0, 0.05) is 11.6 Å². The van der Waals surface area contributed by atoms with Gasteiger partial charge in [-0.3, -0.25) is 0 Å². The maximum Gasteiger partial charge on any atom is 0.328 e. The van der Waals surface area contributed by atoms with E-state index in [1.807, 2.05) is 0 Å². The molecular formula is C12H10O5. The van der Waals surface area contributed by atoms with Gasteiger partial charge in [-0.15, -0.1) is 0 Å². The fourth-order valence-corrected chi connectivity index (χ4v) is 1.51. The van der Waals surface area contributed by atoms with E-state index in [1.54, 1.807) is 12.1 Å². The quantitative estimate of drug-likeness (QED) is 0.533. The largest absolute Gasteiger partial charge is 0.504 e. The number of carboxylic acids is 1. The monoisotopic (exact) mass is 234 g/mol. The van der Waals surface area contributed by atoms with Crippen molar-refractivity contribution in [3.8, 4) is 17.2 Å². The number of carboxylic acid groups (broad SMARTS) is 1. The lowest BCUT2D eigenvalue weighted by molar-refractivity contribution is -0.131. The molecule has 0 spiro atoms. The Balaban J connectivity index is 2.36. The molecule has 0 radical (unpaired) electrons. The Labute approximate surface area is 96.9 Å². The predicted octanol–water partition coefficient (Wildman–Crippen LogP) is 1.51. The molecule has 1 aliphatic heterocycles. The molecule has 0 aliphatic carbocycles. The van der Waals surface area contributed by atoms with Gasteiger partial charge in [-0.2, -0.15) is 0 Å². The van der Waals surface area contributed by atoms with Gasteiger partial charge in [-0.1, -0.05) is 0 Å². The van der Waals surface area contributed by atoms with E-state index in [9.17, 15) is 15.0 Å². The van der Waals surface area contributed by atoms with Gasteiger partial charge in [0.15, 0.2) is 11.5 Å². The van der Waals surface area contributed by atoms with Crippen LogP contribution in [0.15, 0.2) is 29.9 Å². The van der Waals surface area contributed by atoms with Crippen molar-refractivity contribution in [1.29, 1.82) is 0 Å². The van der Waals surface area contributed by atoms with Gasteiger partial charge in [0.05, 0.1) is 0 Å². The van der Waals surface area contributed by atoms with Crippen molar-refractivity contribution >= 4 is 12.0 Å². The minimum absolute atomic E-state index is 0.147. The molecule has 1 heterocycles. The van der Waals surface area contributed by atoms with Crippen molar-refractivity contribution in [3.05, 3.63) is 35.4 Å². The summed E-state index contributed by atoms with van der Waals surface area (Å²) in [5.41, 5.74) is 1.27. The summed E-state index contributed by atoms with van der Waals surface area (Å²) in [6.07, 6.45) is 4.13. The van der Waals surface area contributed by atoms with Crippen LogP contribution in [0.2, 0.25) is 0 Å². The van der Waals surface area contributed by atoms with Gasteiger partial charge in [-0.25, -0.2) is 4.79 Å². The van der Waals surface area contributed by atoms with Gasteiger partial charge in [0.1, 0.15) is 6.61 Å². The van der Waals surface area contributed by atoms with E-state index in [0.717, 1.165) is 6.08 Å². The summed E-state index contributed by atoms with van der Waals surface area (Å²) < 4.78 is 5.26. The van der Waals surface area contributed by atoms with Gasteiger partial charge >= 0.3 is 5.97 Å². The second-order valence-electron chi connectivity index (χ2n) is 3.53. The van der Waals surface area contributed by atoms with Crippen LogP contribution in [-0.4, -0.2) is 27.9 Å². The maximum atomic E-state index is 10.4. The third kappa shape index (κ3) is 2.23. The number of hydrogen-bond acceptors (Lipinski definition) is 4. The third-order valence-electron chi connectivity index (χ3n) is 2.30. The van der Waals surface area contributed by atoms with Crippen molar-refractivity contribution in [2.45, 2.75) is 0 Å². The van der Waals surface area contributed by atoms with Gasteiger partial charge in [0.2, 0.25) is 5.75 Å². The first-order valence-corrected chi connectivity index (χ1v) is 4.87. The second kappa shape index (κ2) is 4.21. The Morgan fingerprint density at radius 1 is 1.35 bits per heavy atom. The zero-order valence-corrected chi connectivity index (χ0v) is 8.75. The average Bonchev–Trinajstić information content (AvgIpc) is 2.31. The van der Waals surface area contributed by atoms with Gasteiger partial charge < -0.3 is 20.1 Å². The third-order valence-corrected chi connectivity index (χ3v) is 2.30. The minimum Gasteiger partial charge on any atom is -0.504 e. The zero-order valence-electron chi connectivity index (χ0n) is 8.75. The lowest BCUT2D eigenvalue weighted by Gasteiger charge is -2.17. The average molecular weight is 234 g/mol. The van der Waals surface area contributed by atoms with Crippen molar-refractivity contribution in [1.82, 2.24) is 0 Å². The SMILES string of the molecule is O=C(O)/C=C/C1=Cc2ccc(O)c(O)c2OC1. The highest BCUT2D eigenvalue weighted by atomic mass is 16.5. The lowest BCUT2D eigenvalue weighted by atomic mass is 10.1. The van der Waals surface area contributed by atoms with Crippen molar-refractivity contribution in [2.75, 3.05) is 6.61 Å². The molecule has 17 heavy (non-hydrogen) atoms. The number of rotatable bonds is 2. The molecule has 0 amide bonds. The number of fused-ring (bicyclic) bond motifs is 1. The second-order valence-corrected chi connectivity index (χ2v) is 3.53. The molecule has 0 fully saturated rings. The van der Waals surface area contributed by atoms with E-state index in [2.05, 4.69) is 0 Å². The highest BCUT2D eigenvalue weighted by Crippen LogP contribution is 2.41. The van der Waals surface area contributed by atoms with E-state index >= 15 is 0 Å². The Kier molecular flexibility index (Phi) is 2.74. The number of benzene rings is 1. The smallest absolute Gasteiger partial charge is 0.328 e.